The molecule has 0 amide bonds. The number of aryl methyl sites for hydroxylation is 2. The predicted molar refractivity (Wildman–Crippen MR) is 97.3 cm³/mol. The summed E-state index contributed by atoms with van der Waals surface area (Å²) < 4.78 is 33.5. The molecule has 132 valence electrons. The van der Waals surface area contributed by atoms with E-state index >= 15 is 0 Å². The Hall–Kier alpha value is -1.85. The zero-order valence-electron chi connectivity index (χ0n) is 14.4. The van der Waals surface area contributed by atoms with Crippen LogP contribution in [-0.4, -0.2) is 26.4 Å². The van der Waals surface area contributed by atoms with Gasteiger partial charge in [0.2, 0.25) is 10.0 Å². The summed E-state index contributed by atoms with van der Waals surface area (Å²) in [6, 6.07) is 13.3. The van der Waals surface area contributed by atoms with E-state index in [2.05, 4.69) is 0 Å². The molecule has 2 aromatic carbocycles. The van der Waals surface area contributed by atoms with Crippen molar-refractivity contribution in [2.75, 3.05) is 13.7 Å². The van der Waals surface area contributed by atoms with E-state index in [1.165, 1.54) is 11.1 Å². The highest BCUT2D eigenvalue weighted by Crippen LogP contribution is 2.38. The summed E-state index contributed by atoms with van der Waals surface area (Å²) in [5.74, 6) is 0.763. The molecule has 0 bridgehead atoms. The van der Waals surface area contributed by atoms with Gasteiger partial charge < -0.3 is 4.74 Å². The lowest BCUT2D eigenvalue weighted by atomic mass is 10.1. The quantitative estimate of drug-likeness (QED) is 0.838. The largest absolute Gasteiger partial charge is 0.497 e. The van der Waals surface area contributed by atoms with Gasteiger partial charge in [-0.3, -0.25) is 0 Å². The molecule has 25 heavy (non-hydrogen) atoms. The summed E-state index contributed by atoms with van der Waals surface area (Å²) in [5.41, 5.74) is 3.49. The molecule has 2 aliphatic rings. The van der Waals surface area contributed by atoms with Crippen LogP contribution in [0.3, 0.4) is 0 Å². The second-order valence-electron chi connectivity index (χ2n) is 6.83. The summed E-state index contributed by atoms with van der Waals surface area (Å²) in [6.45, 7) is 0.571. The second kappa shape index (κ2) is 6.46. The lowest BCUT2D eigenvalue weighted by molar-refractivity contribution is 0.390. The minimum absolute atomic E-state index is 0.117. The van der Waals surface area contributed by atoms with Crippen LogP contribution in [0, 0.1) is 0 Å². The number of hydrogen-bond donors (Lipinski definition) is 0. The zero-order chi connectivity index (χ0) is 17.4. The van der Waals surface area contributed by atoms with Crippen LogP contribution in [0.4, 0.5) is 0 Å². The Balaban J connectivity index is 1.69. The van der Waals surface area contributed by atoms with Crippen LogP contribution in [-0.2, 0) is 22.9 Å². The van der Waals surface area contributed by atoms with Crippen molar-refractivity contribution in [3.05, 3.63) is 59.2 Å². The highest BCUT2D eigenvalue weighted by atomic mass is 32.2. The molecule has 0 spiro atoms. The fourth-order valence-corrected chi connectivity index (χ4v) is 5.79. The molecule has 5 heteroatoms. The van der Waals surface area contributed by atoms with E-state index in [4.69, 9.17) is 4.74 Å². The number of hydrogen-bond acceptors (Lipinski definition) is 3. The Morgan fingerprint density at radius 3 is 2.72 bits per heavy atom. The van der Waals surface area contributed by atoms with Gasteiger partial charge in [-0.05, 0) is 73.1 Å². The van der Waals surface area contributed by atoms with Crippen LogP contribution in [0.2, 0.25) is 0 Å². The monoisotopic (exact) mass is 357 g/mol. The van der Waals surface area contributed by atoms with Crippen LogP contribution in [0.1, 0.15) is 42.0 Å². The number of nitrogens with zero attached hydrogens (tertiary/aromatic N) is 1. The maximum absolute atomic E-state index is 13.3. The van der Waals surface area contributed by atoms with E-state index < -0.39 is 10.0 Å². The Morgan fingerprint density at radius 2 is 1.88 bits per heavy atom. The minimum atomic E-state index is -3.48. The van der Waals surface area contributed by atoms with E-state index in [9.17, 15) is 8.42 Å². The molecule has 0 saturated carbocycles. The molecule has 1 aliphatic heterocycles. The Morgan fingerprint density at radius 1 is 1.04 bits per heavy atom. The van der Waals surface area contributed by atoms with Crippen molar-refractivity contribution in [2.24, 2.45) is 0 Å². The van der Waals surface area contributed by atoms with Gasteiger partial charge in [0.25, 0.3) is 0 Å². The molecule has 1 heterocycles. The third-order valence-corrected chi connectivity index (χ3v) is 7.26. The van der Waals surface area contributed by atoms with Gasteiger partial charge in [-0.2, -0.15) is 4.31 Å². The number of sulfonamides is 1. The van der Waals surface area contributed by atoms with Crippen molar-refractivity contribution in [1.82, 2.24) is 4.31 Å². The molecule has 0 radical (unpaired) electrons. The number of fused-ring (bicyclic) bond motifs is 1. The lowest BCUT2D eigenvalue weighted by Crippen LogP contribution is -2.30. The molecule has 4 rings (SSSR count). The number of benzene rings is 2. The standard InChI is InChI=1S/C20H23NO3S/c1-24-18-8-3-7-17(13-18)20-9-4-12-21(20)25(22,23)19-11-10-15-5-2-6-16(15)14-19/h3,7-8,10-11,13-14,20H,2,4-6,9,12H2,1H3. The van der Waals surface area contributed by atoms with Crippen LogP contribution in [0.25, 0.3) is 0 Å². The van der Waals surface area contributed by atoms with Gasteiger partial charge in [-0.15, -0.1) is 0 Å². The van der Waals surface area contributed by atoms with E-state index in [0.717, 1.165) is 43.4 Å². The summed E-state index contributed by atoms with van der Waals surface area (Å²) in [7, 11) is -1.85. The molecule has 1 unspecified atom stereocenters. The van der Waals surface area contributed by atoms with Gasteiger partial charge in [0, 0.05) is 6.54 Å². The number of rotatable bonds is 4. The van der Waals surface area contributed by atoms with Gasteiger partial charge in [0.1, 0.15) is 5.75 Å². The molecule has 2 aromatic rings. The van der Waals surface area contributed by atoms with Crippen molar-refractivity contribution in [2.45, 2.75) is 43.0 Å². The average molecular weight is 357 g/mol. The number of ether oxygens (including phenoxy) is 1. The second-order valence-corrected chi connectivity index (χ2v) is 8.73. The summed E-state index contributed by atoms with van der Waals surface area (Å²) in [4.78, 5) is 0.433. The zero-order valence-corrected chi connectivity index (χ0v) is 15.3. The third-order valence-electron chi connectivity index (χ3n) is 5.36. The van der Waals surface area contributed by atoms with Crippen molar-refractivity contribution in [3.63, 3.8) is 0 Å². The van der Waals surface area contributed by atoms with E-state index in [1.807, 2.05) is 36.4 Å². The van der Waals surface area contributed by atoms with Gasteiger partial charge in [0.15, 0.2) is 0 Å². The van der Waals surface area contributed by atoms with Crippen molar-refractivity contribution >= 4 is 10.0 Å². The maximum Gasteiger partial charge on any atom is 0.243 e. The van der Waals surface area contributed by atoms with Gasteiger partial charge in [0.05, 0.1) is 18.0 Å². The van der Waals surface area contributed by atoms with Crippen LogP contribution in [0.5, 0.6) is 5.75 Å². The molecule has 4 nitrogen and oxygen atoms in total. The molecular weight excluding hydrogens is 334 g/mol. The third kappa shape index (κ3) is 2.96. The molecule has 1 atom stereocenters. The first-order valence-electron chi connectivity index (χ1n) is 8.87. The summed E-state index contributed by atoms with van der Waals surface area (Å²) >= 11 is 0. The van der Waals surface area contributed by atoms with E-state index in [-0.39, 0.29) is 6.04 Å². The fourth-order valence-electron chi connectivity index (χ4n) is 4.05. The Kier molecular flexibility index (Phi) is 4.29. The SMILES string of the molecule is COc1cccc(C2CCCN2S(=O)(=O)c2ccc3c(c2)CCC3)c1. The number of methoxy groups -OCH3 is 1. The van der Waals surface area contributed by atoms with Crippen molar-refractivity contribution in [3.8, 4) is 5.75 Å². The molecule has 0 N–H and O–H groups in total. The Bertz CT molecular complexity index is 892. The van der Waals surface area contributed by atoms with Crippen LogP contribution >= 0.6 is 0 Å². The smallest absolute Gasteiger partial charge is 0.243 e. The van der Waals surface area contributed by atoms with Crippen LogP contribution < -0.4 is 4.74 Å². The first-order valence-corrected chi connectivity index (χ1v) is 10.3. The lowest BCUT2D eigenvalue weighted by Gasteiger charge is -2.25. The molecule has 1 fully saturated rings. The van der Waals surface area contributed by atoms with E-state index in [0.29, 0.717) is 11.4 Å². The van der Waals surface area contributed by atoms with Gasteiger partial charge in [-0.25, -0.2) is 8.42 Å². The Labute approximate surface area is 149 Å². The highest BCUT2D eigenvalue weighted by molar-refractivity contribution is 7.89. The maximum atomic E-state index is 13.3. The average Bonchev–Trinajstić information content (AvgIpc) is 3.30. The topological polar surface area (TPSA) is 46.6 Å². The molecule has 0 aromatic heterocycles. The van der Waals surface area contributed by atoms with E-state index in [1.54, 1.807) is 17.5 Å². The molecule has 1 saturated heterocycles. The highest BCUT2D eigenvalue weighted by Gasteiger charge is 2.36. The van der Waals surface area contributed by atoms with Gasteiger partial charge >= 0.3 is 0 Å². The minimum Gasteiger partial charge on any atom is -0.497 e. The fraction of sp³-hybridized carbons (Fsp3) is 0.400. The first-order chi connectivity index (χ1) is 12.1. The summed E-state index contributed by atoms with van der Waals surface area (Å²) in [5, 5.41) is 0. The molecule has 1 aliphatic carbocycles. The molecular formula is C20H23NO3S. The van der Waals surface area contributed by atoms with Gasteiger partial charge in [-0.1, -0.05) is 18.2 Å². The van der Waals surface area contributed by atoms with Crippen molar-refractivity contribution in [1.29, 1.82) is 0 Å². The normalized spacial score (nSPS) is 20.6. The first kappa shape index (κ1) is 16.6. The predicted octanol–water partition coefficient (Wildman–Crippen LogP) is 3.71. The van der Waals surface area contributed by atoms with Crippen molar-refractivity contribution < 1.29 is 13.2 Å². The summed E-state index contributed by atoms with van der Waals surface area (Å²) in [6.07, 6.45) is 4.89. The van der Waals surface area contributed by atoms with Crippen LogP contribution in [0.15, 0.2) is 47.4 Å².